The Morgan fingerprint density at radius 3 is 1.91 bits per heavy atom. The fourth-order valence-corrected chi connectivity index (χ4v) is 6.34. The highest BCUT2D eigenvalue weighted by molar-refractivity contribution is 7.99. The Hall–Kier alpha value is -0.196. The molecule has 0 spiro atoms. The Kier molecular flexibility index (Phi) is 8.94. The van der Waals surface area contributed by atoms with Crippen molar-refractivity contribution in [3.05, 3.63) is 30.3 Å². The standard InChI is InChI=1S/C24H44O5SSi2/c1-23(2,3)31(7,8)27-16-18-19(25)21(29-32(9,10)24(4,5)6)20(26)22(28-18)30-17-14-12-11-13-15-17/h11-15,18-22,25-26H,16H2,1-10H3/t18-,19-,20-,21+,22-/m1/s1. The van der Waals surface area contributed by atoms with E-state index in [1.165, 1.54) is 11.8 Å². The van der Waals surface area contributed by atoms with Gasteiger partial charge in [0.1, 0.15) is 29.9 Å². The number of aliphatic hydroxyl groups excluding tert-OH is 2. The van der Waals surface area contributed by atoms with Crippen LogP contribution < -0.4 is 0 Å². The predicted molar refractivity (Wildman–Crippen MR) is 138 cm³/mol. The maximum absolute atomic E-state index is 11.3. The molecule has 2 rings (SSSR count). The molecule has 1 fully saturated rings. The molecule has 1 aliphatic heterocycles. The highest BCUT2D eigenvalue weighted by Crippen LogP contribution is 2.42. The van der Waals surface area contributed by atoms with E-state index >= 15 is 0 Å². The second kappa shape index (κ2) is 10.2. The smallest absolute Gasteiger partial charge is 0.192 e. The van der Waals surface area contributed by atoms with Crippen LogP contribution in [-0.4, -0.2) is 63.3 Å². The van der Waals surface area contributed by atoms with Crippen molar-refractivity contribution < 1.29 is 23.8 Å². The van der Waals surface area contributed by atoms with Crippen LogP contribution in [0.2, 0.25) is 36.3 Å². The quantitative estimate of drug-likeness (QED) is 0.472. The lowest BCUT2D eigenvalue weighted by Crippen LogP contribution is -2.62. The van der Waals surface area contributed by atoms with Gasteiger partial charge in [-0.25, -0.2) is 0 Å². The van der Waals surface area contributed by atoms with E-state index in [9.17, 15) is 10.2 Å². The van der Waals surface area contributed by atoms with Crippen LogP contribution in [-0.2, 0) is 13.6 Å². The van der Waals surface area contributed by atoms with Gasteiger partial charge in [0.05, 0.1) is 6.61 Å². The highest BCUT2D eigenvalue weighted by atomic mass is 32.2. The fraction of sp³-hybridized carbons (Fsp3) is 0.750. The number of aliphatic hydroxyl groups is 2. The summed E-state index contributed by atoms with van der Waals surface area (Å²) in [7, 11) is -4.26. The van der Waals surface area contributed by atoms with Crippen LogP contribution in [0.15, 0.2) is 35.2 Å². The first kappa shape index (κ1) is 28.0. The second-order valence-corrected chi connectivity index (χ2v) is 22.6. The van der Waals surface area contributed by atoms with Crippen LogP contribution in [0.3, 0.4) is 0 Å². The summed E-state index contributed by atoms with van der Waals surface area (Å²) < 4.78 is 19.2. The van der Waals surface area contributed by atoms with Gasteiger partial charge in [0.25, 0.3) is 0 Å². The summed E-state index contributed by atoms with van der Waals surface area (Å²) in [5, 5.41) is 22.5. The first-order chi connectivity index (χ1) is 14.5. The SMILES string of the molecule is CC(C)(C)[Si](C)(C)OC[C@H]1O[C@H](Sc2ccccc2)[C@H](O)[C@@H](O[Si](C)(C)C(C)(C)C)[C@@H]1O. The maximum Gasteiger partial charge on any atom is 0.192 e. The van der Waals surface area contributed by atoms with Gasteiger partial charge in [-0.2, -0.15) is 0 Å². The summed E-state index contributed by atoms with van der Waals surface area (Å²) in [6.07, 6.45) is -3.20. The Morgan fingerprint density at radius 2 is 1.41 bits per heavy atom. The first-order valence-corrected chi connectivity index (χ1v) is 18.2. The van der Waals surface area contributed by atoms with Gasteiger partial charge >= 0.3 is 0 Å². The number of thioether (sulfide) groups is 1. The third-order valence-electron chi connectivity index (χ3n) is 7.29. The Morgan fingerprint density at radius 1 is 0.875 bits per heavy atom. The van der Waals surface area contributed by atoms with Crippen LogP contribution in [0.25, 0.3) is 0 Å². The Labute approximate surface area is 201 Å². The lowest BCUT2D eigenvalue weighted by molar-refractivity contribution is -0.200. The average molecular weight is 501 g/mol. The van der Waals surface area contributed by atoms with Gasteiger partial charge in [-0.3, -0.25) is 0 Å². The first-order valence-electron chi connectivity index (χ1n) is 11.5. The van der Waals surface area contributed by atoms with Crippen LogP contribution in [0.1, 0.15) is 41.5 Å². The van der Waals surface area contributed by atoms with E-state index in [1.807, 2.05) is 30.3 Å². The summed E-state index contributed by atoms with van der Waals surface area (Å²) in [6, 6.07) is 9.89. The van der Waals surface area contributed by atoms with Gasteiger partial charge in [-0.1, -0.05) is 71.5 Å². The molecule has 8 heteroatoms. The molecule has 0 aromatic heterocycles. The molecule has 5 atom stereocenters. The molecule has 0 saturated carbocycles. The number of hydrogen-bond donors (Lipinski definition) is 2. The monoisotopic (exact) mass is 500 g/mol. The van der Waals surface area contributed by atoms with Crippen molar-refractivity contribution in [1.82, 2.24) is 0 Å². The normalized spacial score (nSPS) is 28.1. The number of ether oxygens (including phenoxy) is 1. The molecule has 0 unspecified atom stereocenters. The van der Waals surface area contributed by atoms with E-state index in [1.54, 1.807) is 0 Å². The molecule has 2 N–H and O–H groups in total. The van der Waals surface area contributed by atoms with E-state index in [-0.39, 0.29) is 16.7 Å². The third-order valence-corrected chi connectivity index (χ3v) is 17.4. The second-order valence-electron chi connectivity index (χ2n) is 11.9. The molecule has 0 amide bonds. The summed E-state index contributed by atoms with van der Waals surface area (Å²) in [5.74, 6) is 0. The van der Waals surface area contributed by atoms with E-state index in [4.69, 9.17) is 13.6 Å². The summed E-state index contributed by atoms with van der Waals surface area (Å²) in [5.41, 5.74) is -0.552. The minimum Gasteiger partial charge on any atom is -0.414 e. The van der Waals surface area contributed by atoms with Crippen molar-refractivity contribution in [3.8, 4) is 0 Å². The van der Waals surface area contributed by atoms with Crippen molar-refractivity contribution in [1.29, 1.82) is 0 Å². The van der Waals surface area contributed by atoms with Crippen molar-refractivity contribution in [2.75, 3.05) is 6.61 Å². The number of hydrogen-bond acceptors (Lipinski definition) is 6. The van der Waals surface area contributed by atoms with Crippen LogP contribution >= 0.6 is 11.8 Å². The summed E-state index contributed by atoms with van der Waals surface area (Å²) in [6.45, 7) is 22.0. The molecule has 184 valence electrons. The number of rotatable bonds is 7. The highest BCUT2D eigenvalue weighted by Gasteiger charge is 2.50. The molecular formula is C24H44O5SSi2. The van der Waals surface area contributed by atoms with Crippen LogP contribution in [0, 0.1) is 0 Å². The van der Waals surface area contributed by atoms with Crippen molar-refractivity contribution >= 4 is 28.4 Å². The maximum atomic E-state index is 11.3. The zero-order valence-corrected chi connectivity index (χ0v) is 24.3. The molecule has 1 heterocycles. The lowest BCUT2D eigenvalue weighted by atomic mass is 10.0. The minimum atomic E-state index is -2.23. The lowest BCUT2D eigenvalue weighted by Gasteiger charge is -2.48. The molecule has 32 heavy (non-hydrogen) atoms. The molecule has 1 saturated heterocycles. The van der Waals surface area contributed by atoms with Crippen molar-refractivity contribution in [2.45, 2.75) is 113 Å². The fourth-order valence-electron chi connectivity index (χ4n) is 2.93. The predicted octanol–water partition coefficient (Wildman–Crippen LogP) is 5.64. The zero-order valence-electron chi connectivity index (χ0n) is 21.5. The molecule has 0 bridgehead atoms. The Bertz CT molecular complexity index is 730. The van der Waals surface area contributed by atoms with Gasteiger partial charge in [0, 0.05) is 4.90 Å². The van der Waals surface area contributed by atoms with Gasteiger partial charge in [0.15, 0.2) is 16.6 Å². The largest absolute Gasteiger partial charge is 0.414 e. The minimum absolute atomic E-state index is 0.0417. The molecule has 1 aliphatic rings. The van der Waals surface area contributed by atoms with Gasteiger partial charge < -0.3 is 23.8 Å². The van der Waals surface area contributed by atoms with Gasteiger partial charge in [-0.15, -0.1) is 0 Å². The van der Waals surface area contributed by atoms with E-state index in [2.05, 4.69) is 67.7 Å². The van der Waals surface area contributed by atoms with Gasteiger partial charge in [0.2, 0.25) is 0 Å². The molecule has 1 aromatic carbocycles. The Balaban J connectivity index is 2.28. The van der Waals surface area contributed by atoms with Crippen LogP contribution in [0.4, 0.5) is 0 Å². The van der Waals surface area contributed by atoms with E-state index < -0.39 is 46.5 Å². The topological polar surface area (TPSA) is 68.2 Å². The zero-order chi connectivity index (χ0) is 24.5. The van der Waals surface area contributed by atoms with Crippen molar-refractivity contribution in [2.24, 2.45) is 0 Å². The molecule has 0 radical (unpaired) electrons. The molecule has 1 aromatic rings. The molecule has 0 aliphatic carbocycles. The van der Waals surface area contributed by atoms with E-state index in [0.717, 1.165) is 4.90 Å². The van der Waals surface area contributed by atoms with Crippen molar-refractivity contribution in [3.63, 3.8) is 0 Å². The number of benzene rings is 1. The average Bonchev–Trinajstić information content (AvgIpc) is 2.65. The molecule has 5 nitrogen and oxygen atoms in total. The van der Waals surface area contributed by atoms with Crippen LogP contribution in [0.5, 0.6) is 0 Å². The summed E-state index contributed by atoms with van der Waals surface area (Å²) in [4.78, 5) is 1.00. The summed E-state index contributed by atoms with van der Waals surface area (Å²) >= 11 is 1.46. The van der Waals surface area contributed by atoms with Gasteiger partial charge in [-0.05, 0) is 48.4 Å². The molecular weight excluding hydrogens is 456 g/mol. The van der Waals surface area contributed by atoms with E-state index in [0.29, 0.717) is 0 Å². The third kappa shape index (κ3) is 6.69.